The first-order valence-corrected chi connectivity index (χ1v) is 5.98. The van der Waals surface area contributed by atoms with Crippen molar-refractivity contribution in [2.24, 2.45) is 0 Å². The molecular formula is C14H21NO3. The summed E-state index contributed by atoms with van der Waals surface area (Å²) in [5.74, 6) is 0.112. The van der Waals surface area contributed by atoms with Gasteiger partial charge in [-0.05, 0) is 53.2 Å². The monoisotopic (exact) mass is 251 g/mol. The topological polar surface area (TPSA) is 48.4 Å². The van der Waals surface area contributed by atoms with E-state index in [-0.39, 0.29) is 12.6 Å². The van der Waals surface area contributed by atoms with Gasteiger partial charge in [0.25, 0.3) is 0 Å². The van der Waals surface area contributed by atoms with Crippen molar-refractivity contribution in [2.45, 2.75) is 47.1 Å². The summed E-state index contributed by atoms with van der Waals surface area (Å²) < 4.78 is 10.6. The molecule has 0 spiro atoms. The maximum atomic E-state index is 11.5. The maximum absolute atomic E-state index is 11.5. The molecule has 0 aliphatic carbocycles. The van der Waals surface area contributed by atoms with Crippen molar-refractivity contribution in [3.63, 3.8) is 0 Å². The standard InChI is InChI=1S/C14H21NO3/c1-9-7-10(2)15-13(11(9)3)17-8-12(16)18-14(4,5)6/h7H,8H2,1-6H3. The Balaban J connectivity index is 2.67. The first-order chi connectivity index (χ1) is 8.19. The molecule has 0 saturated carbocycles. The predicted molar refractivity (Wildman–Crippen MR) is 69.8 cm³/mol. The van der Waals surface area contributed by atoms with E-state index in [9.17, 15) is 4.79 Å². The Morgan fingerprint density at radius 2 is 1.89 bits per heavy atom. The molecule has 1 heterocycles. The molecule has 0 N–H and O–H groups in total. The van der Waals surface area contributed by atoms with Gasteiger partial charge in [-0.25, -0.2) is 9.78 Å². The lowest BCUT2D eigenvalue weighted by atomic mass is 10.1. The summed E-state index contributed by atoms with van der Waals surface area (Å²) in [6.45, 7) is 11.2. The Labute approximate surface area is 108 Å². The molecule has 1 aromatic rings. The SMILES string of the molecule is Cc1cc(C)c(C)c(OCC(=O)OC(C)(C)C)n1. The molecule has 1 aromatic heterocycles. The van der Waals surface area contributed by atoms with Crippen molar-refractivity contribution in [1.82, 2.24) is 4.98 Å². The summed E-state index contributed by atoms with van der Waals surface area (Å²) in [5.41, 5.74) is 2.42. The highest BCUT2D eigenvalue weighted by molar-refractivity contribution is 5.71. The van der Waals surface area contributed by atoms with Crippen molar-refractivity contribution < 1.29 is 14.3 Å². The molecule has 0 aromatic carbocycles. The molecule has 100 valence electrons. The minimum Gasteiger partial charge on any atom is -0.465 e. The lowest BCUT2D eigenvalue weighted by Crippen LogP contribution is -2.27. The van der Waals surface area contributed by atoms with Crippen LogP contribution in [0, 0.1) is 20.8 Å². The highest BCUT2D eigenvalue weighted by Gasteiger charge is 2.17. The van der Waals surface area contributed by atoms with E-state index in [4.69, 9.17) is 9.47 Å². The van der Waals surface area contributed by atoms with Crippen LogP contribution in [0.15, 0.2) is 6.07 Å². The second-order valence-corrected chi connectivity index (χ2v) is 5.39. The van der Waals surface area contributed by atoms with Crippen LogP contribution in [-0.2, 0) is 9.53 Å². The fourth-order valence-electron chi connectivity index (χ4n) is 1.51. The van der Waals surface area contributed by atoms with Gasteiger partial charge in [0.05, 0.1) is 0 Å². The molecule has 0 fully saturated rings. The summed E-state index contributed by atoms with van der Waals surface area (Å²) in [6, 6.07) is 1.98. The maximum Gasteiger partial charge on any atom is 0.344 e. The smallest absolute Gasteiger partial charge is 0.344 e. The first kappa shape index (κ1) is 14.5. The second-order valence-electron chi connectivity index (χ2n) is 5.39. The lowest BCUT2D eigenvalue weighted by Gasteiger charge is -2.19. The number of hydrogen-bond donors (Lipinski definition) is 0. The van der Waals surface area contributed by atoms with Gasteiger partial charge in [-0.2, -0.15) is 0 Å². The Bertz CT molecular complexity index is 447. The molecule has 0 amide bonds. The average Bonchev–Trinajstić information content (AvgIpc) is 2.18. The first-order valence-electron chi connectivity index (χ1n) is 5.98. The Morgan fingerprint density at radius 1 is 1.28 bits per heavy atom. The molecule has 0 bridgehead atoms. The molecule has 0 atom stereocenters. The van der Waals surface area contributed by atoms with Crippen molar-refractivity contribution >= 4 is 5.97 Å². The normalized spacial score (nSPS) is 11.2. The number of esters is 1. The number of pyridine rings is 1. The fourth-order valence-corrected chi connectivity index (χ4v) is 1.51. The van der Waals surface area contributed by atoms with Crippen LogP contribution in [0.2, 0.25) is 0 Å². The summed E-state index contributed by atoms with van der Waals surface area (Å²) in [7, 11) is 0. The van der Waals surface area contributed by atoms with Crippen molar-refractivity contribution in [2.75, 3.05) is 6.61 Å². The van der Waals surface area contributed by atoms with Gasteiger partial charge < -0.3 is 9.47 Å². The summed E-state index contributed by atoms with van der Waals surface area (Å²) in [6.07, 6.45) is 0. The zero-order valence-corrected chi connectivity index (χ0v) is 12.0. The zero-order chi connectivity index (χ0) is 13.9. The molecule has 4 heteroatoms. The van der Waals surface area contributed by atoms with Crippen molar-refractivity contribution in [3.05, 3.63) is 22.9 Å². The van der Waals surface area contributed by atoms with E-state index in [1.165, 1.54) is 0 Å². The van der Waals surface area contributed by atoms with Gasteiger partial charge in [0.2, 0.25) is 5.88 Å². The molecular weight excluding hydrogens is 230 g/mol. The number of hydrogen-bond acceptors (Lipinski definition) is 4. The number of nitrogens with zero attached hydrogens (tertiary/aromatic N) is 1. The number of rotatable bonds is 3. The van der Waals surface area contributed by atoms with Crippen molar-refractivity contribution in [3.8, 4) is 5.88 Å². The number of aromatic nitrogens is 1. The minimum absolute atomic E-state index is 0.117. The number of ether oxygens (including phenoxy) is 2. The highest BCUT2D eigenvalue weighted by atomic mass is 16.6. The number of carbonyl (C=O) groups is 1. The van der Waals surface area contributed by atoms with Crippen LogP contribution in [-0.4, -0.2) is 23.2 Å². The summed E-state index contributed by atoms with van der Waals surface area (Å²) >= 11 is 0. The predicted octanol–water partition coefficient (Wildman–Crippen LogP) is 2.73. The van der Waals surface area contributed by atoms with Gasteiger partial charge in [0, 0.05) is 11.3 Å². The Morgan fingerprint density at radius 3 is 2.44 bits per heavy atom. The third kappa shape index (κ3) is 4.35. The third-order valence-electron chi connectivity index (χ3n) is 2.36. The van der Waals surface area contributed by atoms with E-state index in [2.05, 4.69) is 4.98 Å². The van der Waals surface area contributed by atoms with Crippen LogP contribution in [0.1, 0.15) is 37.6 Å². The van der Waals surface area contributed by atoms with Crippen molar-refractivity contribution in [1.29, 1.82) is 0 Å². The Hall–Kier alpha value is -1.58. The summed E-state index contributed by atoms with van der Waals surface area (Å²) in [4.78, 5) is 15.8. The van der Waals surface area contributed by atoms with E-state index >= 15 is 0 Å². The van der Waals surface area contributed by atoms with Gasteiger partial charge in [-0.3, -0.25) is 0 Å². The van der Waals surface area contributed by atoms with E-state index in [1.807, 2.05) is 47.6 Å². The van der Waals surface area contributed by atoms with Gasteiger partial charge >= 0.3 is 5.97 Å². The van der Waals surface area contributed by atoms with Crippen LogP contribution in [0.5, 0.6) is 5.88 Å². The molecule has 4 nitrogen and oxygen atoms in total. The summed E-state index contributed by atoms with van der Waals surface area (Å²) in [5, 5.41) is 0. The van der Waals surface area contributed by atoms with Gasteiger partial charge in [-0.15, -0.1) is 0 Å². The molecule has 0 aliphatic heterocycles. The minimum atomic E-state index is -0.495. The number of carbonyl (C=O) groups excluding carboxylic acids is 1. The molecule has 0 unspecified atom stereocenters. The molecule has 0 radical (unpaired) electrons. The van der Waals surface area contributed by atoms with E-state index in [1.54, 1.807) is 0 Å². The van der Waals surface area contributed by atoms with Crippen LogP contribution in [0.25, 0.3) is 0 Å². The second kappa shape index (κ2) is 5.38. The van der Waals surface area contributed by atoms with Crippen LogP contribution < -0.4 is 4.74 Å². The van der Waals surface area contributed by atoms with Gasteiger partial charge in [0.15, 0.2) is 6.61 Å². The van der Waals surface area contributed by atoms with Crippen LogP contribution in [0.3, 0.4) is 0 Å². The van der Waals surface area contributed by atoms with Crippen LogP contribution in [0.4, 0.5) is 0 Å². The van der Waals surface area contributed by atoms with E-state index in [0.717, 1.165) is 16.8 Å². The third-order valence-corrected chi connectivity index (χ3v) is 2.36. The molecule has 1 rings (SSSR count). The fraction of sp³-hybridized carbons (Fsp3) is 0.571. The largest absolute Gasteiger partial charge is 0.465 e. The van der Waals surface area contributed by atoms with E-state index in [0.29, 0.717) is 5.88 Å². The van der Waals surface area contributed by atoms with Crippen LogP contribution >= 0.6 is 0 Å². The number of aryl methyl sites for hydroxylation is 2. The van der Waals surface area contributed by atoms with Gasteiger partial charge in [-0.1, -0.05) is 0 Å². The van der Waals surface area contributed by atoms with E-state index < -0.39 is 5.60 Å². The quantitative estimate of drug-likeness (QED) is 0.775. The Kier molecular flexibility index (Phi) is 4.33. The molecule has 0 saturated heterocycles. The lowest BCUT2D eigenvalue weighted by molar-refractivity contribution is -0.157. The zero-order valence-electron chi connectivity index (χ0n) is 12.0. The highest BCUT2D eigenvalue weighted by Crippen LogP contribution is 2.19. The van der Waals surface area contributed by atoms with Gasteiger partial charge in [0.1, 0.15) is 5.60 Å². The average molecular weight is 251 g/mol. The molecule has 18 heavy (non-hydrogen) atoms. The molecule has 0 aliphatic rings.